The van der Waals surface area contributed by atoms with Crippen molar-refractivity contribution < 1.29 is 14.3 Å². The van der Waals surface area contributed by atoms with Gasteiger partial charge in [0.1, 0.15) is 5.75 Å². The second kappa shape index (κ2) is 6.74. The largest absolute Gasteiger partial charge is 0.497 e. The molecule has 0 aliphatic carbocycles. The molecule has 0 saturated carbocycles. The molecule has 0 unspecified atom stereocenters. The van der Waals surface area contributed by atoms with Crippen molar-refractivity contribution in [3.63, 3.8) is 0 Å². The van der Waals surface area contributed by atoms with Gasteiger partial charge in [-0.25, -0.2) is 4.79 Å². The van der Waals surface area contributed by atoms with E-state index in [1.54, 1.807) is 20.1 Å². The van der Waals surface area contributed by atoms with Crippen LogP contribution >= 0.6 is 22.6 Å². The third kappa shape index (κ3) is 3.30. The van der Waals surface area contributed by atoms with Crippen LogP contribution in [0, 0.1) is 3.57 Å². The maximum Gasteiger partial charge on any atom is 0.338 e. The van der Waals surface area contributed by atoms with Gasteiger partial charge in [-0.1, -0.05) is 12.1 Å². The van der Waals surface area contributed by atoms with E-state index in [4.69, 9.17) is 9.47 Å². The van der Waals surface area contributed by atoms with Gasteiger partial charge in [-0.2, -0.15) is 0 Å². The minimum Gasteiger partial charge on any atom is -0.497 e. The molecular weight excluding hydrogens is 367 g/mol. The van der Waals surface area contributed by atoms with E-state index < -0.39 is 0 Å². The summed E-state index contributed by atoms with van der Waals surface area (Å²) in [6.07, 6.45) is 0. The molecule has 2 rings (SSSR count). The average Bonchev–Trinajstić information content (AvgIpc) is 2.48. The monoisotopic (exact) mass is 382 g/mol. The smallest absolute Gasteiger partial charge is 0.338 e. The van der Waals surface area contributed by atoms with E-state index in [-0.39, 0.29) is 5.97 Å². The molecule has 4 heteroatoms. The van der Waals surface area contributed by atoms with E-state index in [9.17, 15) is 4.79 Å². The molecule has 0 spiro atoms. The first-order chi connectivity index (χ1) is 9.65. The zero-order valence-electron chi connectivity index (χ0n) is 11.4. The van der Waals surface area contributed by atoms with E-state index in [0.717, 1.165) is 20.4 Å². The fraction of sp³-hybridized carbons (Fsp3) is 0.188. The first-order valence-electron chi connectivity index (χ1n) is 6.26. The Balaban J connectivity index is 2.44. The van der Waals surface area contributed by atoms with E-state index in [0.29, 0.717) is 12.2 Å². The predicted octanol–water partition coefficient (Wildman–Crippen LogP) is 4.14. The number of methoxy groups -OCH3 is 1. The summed E-state index contributed by atoms with van der Waals surface area (Å²) in [5.74, 6) is 0.493. The molecule has 0 amide bonds. The Kier molecular flexibility index (Phi) is 5.00. The maximum absolute atomic E-state index is 11.8. The van der Waals surface area contributed by atoms with Gasteiger partial charge in [0, 0.05) is 3.57 Å². The summed E-state index contributed by atoms with van der Waals surface area (Å²) < 4.78 is 11.3. The van der Waals surface area contributed by atoms with Gasteiger partial charge >= 0.3 is 5.97 Å². The van der Waals surface area contributed by atoms with Crippen molar-refractivity contribution in [2.45, 2.75) is 6.92 Å². The van der Waals surface area contributed by atoms with Crippen LogP contribution in [0.4, 0.5) is 0 Å². The highest BCUT2D eigenvalue weighted by Gasteiger charge is 2.11. The Morgan fingerprint density at radius 3 is 2.70 bits per heavy atom. The van der Waals surface area contributed by atoms with Gasteiger partial charge in [0.05, 0.1) is 19.3 Å². The van der Waals surface area contributed by atoms with Crippen molar-refractivity contribution in [3.8, 4) is 16.9 Å². The number of rotatable bonds is 4. The lowest BCUT2D eigenvalue weighted by atomic mass is 10.0. The van der Waals surface area contributed by atoms with Gasteiger partial charge < -0.3 is 9.47 Å². The number of benzene rings is 2. The molecule has 2 aromatic rings. The van der Waals surface area contributed by atoms with Crippen molar-refractivity contribution >= 4 is 28.6 Å². The molecule has 0 saturated heterocycles. The number of carbonyl (C=O) groups is 1. The molecule has 0 aromatic heterocycles. The molecule has 0 heterocycles. The molecule has 0 bridgehead atoms. The molecule has 3 nitrogen and oxygen atoms in total. The number of ether oxygens (including phenoxy) is 2. The van der Waals surface area contributed by atoms with E-state index in [1.807, 2.05) is 36.4 Å². The van der Waals surface area contributed by atoms with Crippen LogP contribution in [0.1, 0.15) is 17.3 Å². The summed E-state index contributed by atoms with van der Waals surface area (Å²) in [5, 5.41) is 0. The number of hydrogen-bond acceptors (Lipinski definition) is 3. The molecule has 0 atom stereocenters. The quantitative estimate of drug-likeness (QED) is 0.589. The second-order valence-electron chi connectivity index (χ2n) is 4.15. The Bertz CT molecular complexity index is 623. The van der Waals surface area contributed by atoms with Crippen LogP contribution in [0.5, 0.6) is 5.75 Å². The fourth-order valence-corrected chi connectivity index (χ4v) is 2.53. The van der Waals surface area contributed by atoms with Gasteiger partial charge in [-0.15, -0.1) is 0 Å². The Hall–Kier alpha value is -1.56. The van der Waals surface area contributed by atoms with Gasteiger partial charge in [-0.05, 0) is 71.0 Å². The van der Waals surface area contributed by atoms with Crippen molar-refractivity contribution in [2.75, 3.05) is 13.7 Å². The highest BCUT2D eigenvalue weighted by molar-refractivity contribution is 14.1. The van der Waals surface area contributed by atoms with Crippen molar-refractivity contribution in [2.24, 2.45) is 0 Å². The highest BCUT2D eigenvalue weighted by Crippen LogP contribution is 2.29. The lowest BCUT2D eigenvalue weighted by molar-refractivity contribution is 0.0526. The zero-order chi connectivity index (χ0) is 14.5. The Morgan fingerprint density at radius 2 is 2.00 bits per heavy atom. The number of carbonyl (C=O) groups excluding carboxylic acids is 1. The summed E-state index contributed by atoms with van der Waals surface area (Å²) in [7, 11) is 1.64. The lowest BCUT2D eigenvalue weighted by Crippen LogP contribution is -2.05. The maximum atomic E-state index is 11.8. The molecule has 2 aromatic carbocycles. The van der Waals surface area contributed by atoms with Crippen LogP contribution < -0.4 is 4.74 Å². The van der Waals surface area contributed by atoms with Crippen molar-refractivity contribution in [3.05, 3.63) is 51.6 Å². The van der Waals surface area contributed by atoms with E-state index in [2.05, 4.69) is 22.6 Å². The van der Waals surface area contributed by atoms with Gasteiger partial charge in [-0.3, -0.25) is 0 Å². The number of esters is 1. The minimum absolute atomic E-state index is 0.298. The predicted molar refractivity (Wildman–Crippen MR) is 87.1 cm³/mol. The first kappa shape index (κ1) is 14.8. The third-order valence-corrected chi connectivity index (χ3v) is 3.80. The minimum atomic E-state index is -0.298. The number of halogens is 1. The van der Waals surface area contributed by atoms with Crippen LogP contribution in [-0.2, 0) is 4.74 Å². The SMILES string of the molecule is CCOC(=O)c1ccc(I)c(-c2cccc(OC)c2)c1. The van der Waals surface area contributed by atoms with E-state index >= 15 is 0 Å². The Labute approximate surface area is 132 Å². The summed E-state index contributed by atoms with van der Waals surface area (Å²) in [6.45, 7) is 2.17. The van der Waals surface area contributed by atoms with Crippen LogP contribution in [0.2, 0.25) is 0 Å². The summed E-state index contributed by atoms with van der Waals surface area (Å²) in [5.41, 5.74) is 2.57. The van der Waals surface area contributed by atoms with E-state index in [1.165, 1.54) is 0 Å². The highest BCUT2D eigenvalue weighted by atomic mass is 127. The standard InChI is InChI=1S/C16H15IO3/c1-3-20-16(18)12-7-8-15(17)14(10-12)11-5-4-6-13(9-11)19-2/h4-10H,3H2,1-2H3. The summed E-state index contributed by atoms with van der Waals surface area (Å²) in [4.78, 5) is 11.8. The molecule has 0 aliphatic rings. The van der Waals surface area contributed by atoms with Gasteiger partial charge in [0.25, 0.3) is 0 Å². The molecule has 20 heavy (non-hydrogen) atoms. The second-order valence-corrected chi connectivity index (χ2v) is 5.31. The fourth-order valence-electron chi connectivity index (χ4n) is 1.88. The third-order valence-electron chi connectivity index (χ3n) is 2.86. The summed E-state index contributed by atoms with van der Waals surface area (Å²) >= 11 is 2.26. The van der Waals surface area contributed by atoms with Gasteiger partial charge in [0.15, 0.2) is 0 Å². The van der Waals surface area contributed by atoms with Crippen LogP contribution in [0.3, 0.4) is 0 Å². The molecule has 0 fully saturated rings. The van der Waals surface area contributed by atoms with Gasteiger partial charge in [0.2, 0.25) is 0 Å². The summed E-state index contributed by atoms with van der Waals surface area (Å²) in [6, 6.07) is 13.3. The Morgan fingerprint density at radius 1 is 1.20 bits per heavy atom. The van der Waals surface area contributed by atoms with Crippen molar-refractivity contribution in [1.29, 1.82) is 0 Å². The first-order valence-corrected chi connectivity index (χ1v) is 7.34. The molecular formula is C16H15IO3. The van der Waals surface area contributed by atoms with Crippen LogP contribution in [0.15, 0.2) is 42.5 Å². The molecule has 0 aliphatic heterocycles. The van der Waals surface area contributed by atoms with Crippen LogP contribution in [-0.4, -0.2) is 19.7 Å². The average molecular weight is 382 g/mol. The lowest BCUT2D eigenvalue weighted by Gasteiger charge is -2.09. The normalized spacial score (nSPS) is 10.2. The zero-order valence-corrected chi connectivity index (χ0v) is 13.5. The molecule has 0 N–H and O–H groups in total. The van der Waals surface area contributed by atoms with Crippen molar-refractivity contribution in [1.82, 2.24) is 0 Å². The number of hydrogen-bond donors (Lipinski definition) is 0. The topological polar surface area (TPSA) is 35.5 Å². The molecule has 104 valence electrons. The molecule has 0 radical (unpaired) electrons. The van der Waals surface area contributed by atoms with Crippen LogP contribution in [0.25, 0.3) is 11.1 Å².